The van der Waals surface area contributed by atoms with E-state index in [0.29, 0.717) is 22.6 Å². The maximum atomic E-state index is 13.8. The summed E-state index contributed by atoms with van der Waals surface area (Å²) >= 11 is 0. The molecule has 2 aromatic heterocycles. The number of carbonyl (C=O) groups is 1. The molecule has 3 N–H and O–H groups in total. The standard InChI is InChI=1S/C24H25F5N4O/c1-14-10-16(13-21(34)31-18-5-3-2-4-17(18)30)12-20-32-22(24(27,28)29)19(33(14)20)11-15-6-8-23(25,26)9-7-15/h2-5,10,12,15H,6-9,11,13,30H2,1H3,(H,31,34). The molecule has 4 rings (SSSR count). The zero-order valence-corrected chi connectivity index (χ0v) is 18.6. The monoisotopic (exact) mass is 480 g/mol. The Kier molecular flexibility index (Phi) is 6.26. The van der Waals surface area contributed by atoms with Gasteiger partial charge in [0.1, 0.15) is 5.65 Å². The summed E-state index contributed by atoms with van der Waals surface area (Å²) in [5.74, 6) is -3.40. The van der Waals surface area contributed by atoms with Gasteiger partial charge in [0.25, 0.3) is 0 Å². The minimum atomic E-state index is -4.69. The molecule has 1 fully saturated rings. The SMILES string of the molecule is Cc1cc(CC(=O)Nc2ccccc2N)cc2nc(C(F)(F)F)c(CC3CCC(F)(F)CC3)n12. The molecule has 2 heterocycles. The van der Waals surface area contributed by atoms with Gasteiger partial charge in [0.15, 0.2) is 5.69 Å². The van der Waals surface area contributed by atoms with Crippen LogP contribution in [0.5, 0.6) is 0 Å². The lowest BCUT2D eigenvalue weighted by Crippen LogP contribution is -2.26. The largest absolute Gasteiger partial charge is 0.435 e. The molecule has 1 aliphatic rings. The average molecular weight is 480 g/mol. The Hall–Kier alpha value is -3.17. The van der Waals surface area contributed by atoms with Crippen LogP contribution in [0.2, 0.25) is 0 Å². The average Bonchev–Trinajstić information content (AvgIpc) is 3.10. The number of aromatic nitrogens is 2. The van der Waals surface area contributed by atoms with E-state index in [9.17, 15) is 26.7 Å². The van der Waals surface area contributed by atoms with Crippen molar-refractivity contribution in [2.24, 2.45) is 5.92 Å². The van der Waals surface area contributed by atoms with E-state index in [0.717, 1.165) is 0 Å². The van der Waals surface area contributed by atoms with Crippen LogP contribution in [-0.4, -0.2) is 21.2 Å². The summed E-state index contributed by atoms with van der Waals surface area (Å²) in [7, 11) is 0. The first-order valence-corrected chi connectivity index (χ1v) is 11.0. The first-order valence-electron chi connectivity index (χ1n) is 11.0. The molecule has 0 spiro atoms. The molecule has 182 valence electrons. The summed E-state index contributed by atoms with van der Waals surface area (Å²) in [6, 6.07) is 9.84. The number of aryl methyl sites for hydroxylation is 1. The van der Waals surface area contributed by atoms with Crippen molar-refractivity contribution in [2.75, 3.05) is 11.1 Å². The topological polar surface area (TPSA) is 72.4 Å². The molecule has 1 aromatic carbocycles. The molecule has 0 atom stereocenters. The minimum Gasteiger partial charge on any atom is -0.397 e. The summed E-state index contributed by atoms with van der Waals surface area (Å²) < 4.78 is 69.9. The third-order valence-corrected chi connectivity index (χ3v) is 6.25. The Labute approximate surface area is 193 Å². The maximum Gasteiger partial charge on any atom is 0.435 e. The summed E-state index contributed by atoms with van der Waals surface area (Å²) in [5, 5.41) is 2.70. The molecule has 1 saturated carbocycles. The zero-order chi connectivity index (χ0) is 24.7. The Balaban J connectivity index is 1.62. The summed E-state index contributed by atoms with van der Waals surface area (Å²) in [4.78, 5) is 16.3. The second kappa shape index (κ2) is 8.88. The van der Waals surface area contributed by atoms with Crippen molar-refractivity contribution in [3.8, 4) is 0 Å². The lowest BCUT2D eigenvalue weighted by atomic mass is 9.83. The molecule has 1 aliphatic carbocycles. The van der Waals surface area contributed by atoms with Crippen molar-refractivity contribution in [3.63, 3.8) is 0 Å². The first kappa shape index (κ1) is 24.0. The molecule has 3 aromatic rings. The summed E-state index contributed by atoms with van der Waals surface area (Å²) in [5.41, 5.74) is 6.71. The van der Waals surface area contributed by atoms with Crippen molar-refractivity contribution in [3.05, 3.63) is 59.0 Å². The minimum absolute atomic E-state index is 0.0139. The predicted molar refractivity (Wildman–Crippen MR) is 119 cm³/mol. The summed E-state index contributed by atoms with van der Waals surface area (Å²) in [6.45, 7) is 1.64. The summed E-state index contributed by atoms with van der Waals surface area (Å²) in [6.07, 6.45) is -5.06. The number of carbonyl (C=O) groups excluding carboxylic acids is 1. The number of rotatable bonds is 5. The van der Waals surface area contributed by atoms with Crippen LogP contribution in [0.15, 0.2) is 36.4 Å². The number of benzene rings is 1. The van der Waals surface area contributed by atoms with E-state index in [1.165, 1.54) is 10.5 Å². The molecule has 10 heteroatoms. The van der Waals surface area contributed by atoms with E-state index in [1.807, 2.05) is 0 Å². The fraction of sp³-hybridized carbons (Fsp3) is 0.417. The van der Waals surface area contributed by atoms with Crippen LogP contribution in [0.25, 0.3) is 5.65 Å². The molecule has 0 saturated heterocycles. The molecule has 0 radical (unpaired) electrons. The second-order valence-corrected chi connectivity index (χ2v) is 8.92. The number of nitrogens with two attached hydrogens (primary N) is 1. The van der Waals surface area contributed by atoms with Gasteiger partial charge in [-0.2, -0.15) is 13.2 Å². The van der Waals surface area contributed by atoms with Crippen LogP contribution in [0.4, 0.5) is 33.3 Å². The van der Waals surface area contributed by atoms with E-state index < -0.39 is 17.8 Å². The van der Waals surface area contributed by atoms with Crippen LogP contribution in [0.3, 0.4) is 0 Å². The quantitative estimate of drug-likeness (QED) is 0.359. The van der Waals surface area contributed by atoms with Gasteiger partial charge in [-0.15, -0.1) is 0 Å². The van der Waals surface area contributed by atoms with Crippen molar-refractivity contribution in [1.82, 2.24) is 9.38 Å². The normalized spacial score (nSPS) is 16.6. The van der Waals surface area contributed by atoms with Gasteiger partial charge < -0.3 is 15.5 Å². The van der Waals surface area contributed by atoms with E-state index in [4.69, 9.17) is 5.73 Å². The fourth-order valence-electron chi connectivity index (χ4n) is 4.59. The number of nitrogens with one attached hydrogen (secondary N) is 1. The lowest BCUT2D eigenvalue weighted by molar-refractivity contribution is -0.141. The number of halogens is 5. The first-order chi connectivity index (χ1) is 15.9. The van der Waals surface area contributed by atoms with Crippen molar-refractivity contribution >= 4 is 22.9 Å². The van der Waals surface area contributed by atoms with Gasteiger partial charge in [-0.3, -0.25) is 4.79 Å². The maximum absolute atomic E-state index is 13.8. The molecule has 0 bridgehead atoms. The number of hydrogen-bond donors (Lipinski definition) is 2. The van der Waals surface area contributed by atoms with Crippen LogP contribution >= 0.6 is 0 Å². The molecule has 0 aliphatic heterocycles. The highest BCUT2D eigenvalue weighted by molar-refractivity contribution is 5.95. The zero-order valence-electron chi connectivity index (χ0n) is 18.6. The third kappa shape index (κ3) is 5.15. The van der Waals surface area contributed by atoms with Crippen molar-refractivity contribution in [1.29, 1.82) is 0 Å². The van der Waals surface area contributed by atoms with Gasteiger partial charge >= 0.3 is 6.18 Å². The lowest BCUT2D eigenvalue weighted by Gasteiger charge is -2.28. The second-order valence-electron chi connectivity index (χ2n) is 8.92. The van der Waals surface area contributed by atoms with Crippen LogP contribution in [0, 0.1) is 12.8 Å². The number of para-hydroxylation sites is 2. The van der Waals surface area contributed by atoms with Gasteiger partial charge in [0.2, 0.25) is 11.8 Å². The number of nitrogen functional groups attached to an aromatic ring is 1. The number of hydrogen-bond acceptors (Lipinski definition) is 3. The molecule has 34 heavy (non-hydrogen) atoms. The highest BCUT2D eigenvalue weighted by atomic mass is 19.4. The van der Waals surface area contributed by atoms with Gasteiger partial charge in [0, 0.05) is 18.5 Å². The fourth-order valence-corrected chi connectivity index (χ4v) is 4.59. The van der Waals surface area contributed by atoms with Crippen molar-refractivity contribution < 1.29 is 26.7 Å². The number of fused-ring (bicyclic) bond motifs is 1. The molecular weight excluding hydrogens is 455 g/mol. The molecule has 0 unspecified atom stereocenters. The third-order valence-electron chi connectivity index (χ3n) is 6.25. The molecule has 5 nitrogen and oxygen atoms in total. The van der Waals surface area contributed by atoms with E-state index >= 15 is 0 Å². The van der Waals surface area contributed by atoms with Gasteiger partial charge in [-0.25, -0.2) is 13.8 Å². The number of nitrogens with zero attached hydrogens (tertiary/aromatic N) is 2. The van der Waals surface area contributed by atoms with Crippen molar-refractivity contribution in [2.45, 2.75) is 57.5 Å². The van der Waals surface area contributed by atoms with Gasteiger partial charge in [-0.1, -0.05) is 12.1 Å². The number of pyridine rings is 1. The van der Waals surface area contributed by atoms with Gasteiger partial charge in [-0.05, 0) is 61.9 Å². The Morgan fingerprint density at radius 3 is 2.53 bits per heavy atom. The smallest absolute Gasteiger partial charge is 0.397 e. The predicted octanol–water partition coefficient (Wildman–Crippen LogP) is 5.79. The van der Waals surface area contributed by atoms with E-state index in [-0.39, 0.29) is 61.7 Å². The van der Waals surface area contributed by atoms with E-state index in [2.05, 4.69) is 10.3 Å². The van der Waals surface area contributed by atoms with Crippen LogP contribution in [-0.2, 0) is 23.8 Å². The van der Waals surface area contributed by atoms with Crippen LogP contribution < -0.4 is 11.1 Å². The number of alkyl halides is 5. The van der Waals surface area contributed by atoms with Crippen LogP contribution in [0.1, 0.15) is 48.3 Å². The molecule has 1 amide bonds. The highest BCUT2D eigenvalue weighted by Crippen LogP contribution is 2.40. The Morgan fingerprint density at radius 2 is 1.88 bits per heavy atom. The number of amides is 1. The number of imidazole rings is 1. The molecular formula is C24H25F5N4O. The highest BCUT2D eigenvalue weighted by Gasteiger charge is 2.40. The Bertz CT molecular complexity index is 1210. The number of anilines is 2. The van der Waals surface area contributed by atoms with Gasteiger partial charge in [0.05, 0.1) is 23.5 Å². The Morgan fingerprint density at radius 1 is 1.21 bits per heavy atom. The van der Waals surface area contributed by atoms with E-state index in [1.54, 1.807) is 37.3 Å².